The first-order valence-corrected chi connectivity index (χ1v) is 9.08. The molecule has 4 N–H and O–H groups in total. The third-order valence-corrected chi connectivity index (χ3v) is 5.20. The Hall–Kier alpha value is -2.67. The van der Waals surface area contributed by atoms with Gasteiger partial charge in [0, 0.05) is 41.9 Å². The number of pyridine rings is 1. The lowest BCUT2D eigenvalue weighted by atomic mass is 10.0. The molecule has 1 aliphatic rings. The third-order valence-electron chi connectivity index (χ3n) is 5.20. The van der Waals surface area contributed by atoms with Crippen LogP contribution in [0.3, 0.4) is 0 Å². The number of H-pyrrole nitrogens is 1. The lowest BCUT2D eigenvalue weighted by Crippen LogP contribution is -2.47. The van der Waals surface area contributed by atoms with Gasteiger partial charge in [0.05, 0.1) is 11.1 Å². The Balaban J connectivity index is 1.66. The molecule has 7 nitrogen and oxygen atoms in total. The Morgan fingerprint density at radius 3 is 2.73 bits per heavy atom. The molecule has 1 fully saturated rings. The van der Waals surface area contributed by atoms with E-state index in [1.165, 1.54) is 25.9 Å². The van der Waals surface area contributed by atoms with Gasteiger partial charge in [-0.05, 0) is 51.9 Å². The second-order valence-electron chi connectivity index (χ2n) is 7.44. The predicted octanol–water partition coefficient (Wildman–Crippen LogP) is 2.89. The molecule has 0 spiro atoms. The largest absolute Gasteiger partial charge is 0.383 e. The summed E-state index contributed by atoms with van der Waals surface area (Å²) in [6, 6.07) is 3.88. The number of nitrogen functional groups attached to an aromatic ring is 1. The highest BCUT2D eigenvalue weighted by Gasteiger charge is 2.29. The van der Waals surface area contributed by atoms with Crippen molar-refractivity contribution in [2.24, 2.45) is 0 Å². The topological polar surface area (TPSA) is 95.8 Å². The van der Waals surface area contributed by atoms with Crippen LogP contribution in [-0.4, -0.2) is 50.0 Å². The van der Waals surface area contributed by atoms with E-state index in [0.717, 1.165) is 34.5 Å². The molecule has 26 heavy (non-hydrogen) atoms. The molecule has 0 saturated carbocycles. The molecule has 0 unspecified atom stereocenters. The highest BCUT2D eigenvalue weighted by atomic mass is 15.2. The summed E-state index contributed by atoms with van der Waals surface area (Å²) in [4.78, 5) is 18.6. The lowest BCUT2D eigenvalue weighted by molar-refractivity contribution is 0.168. The van der Waals surface area contributed by atoms with Crippen molar-refractivity contribution >= 4 is 22.7 Å². The maximum Gasteiger partial charge on any atom is 0.220 e. The van der Waals surface area contributed by atoms with Crippen LogP contribution in [0, 0.1) is 0 Å². The fourth-order valence-electron chi connectivity index (χ4n) is 3.68. The number of nitrogens with zero attached hydrogens (tertiary/aromatic N) is 4. The van der Waals surface area contributed by atoms with Crippen molar-refractivity contribution in [3.63, 3.8) is 0 Å². The summed E-state index contributed by atoms with van der Waals surface area (Å²) < 4.78 is 0. The summed E-state index contributed by atoms with van der Waals surface area (Å²) in [5, 5.41) is 4.67. The summed E-state index contributed by atoms with van der Waals surface area (Å²) >= 11 is 0. The van der Waals surface area contributed by atoms with Crippen molar-refractivity contribution < 1.29 is 0 Å². The van der Waals surface area contributed by atoms with E-state index in [1.54, 1.807) is 6.20 Å². The highest BCUT2D eigenvalue weighted by molar-refractivity contribution is 6.01. The third kappa shape index (κ3) is 3.10. The molecule has 3 aromatic heterocycles. The van der Waals surface area contributed by atoms with Crippen LogP contribution in [-0.2, 0) is 0 Å². The van der Waals surface area contributed by atoms with E-state index in [-0.39, 0.29) is 11.5 Å². The fourth-order valence-corrected chi connectivity index (χ4v) is 3.68. The number of nitrogens with one attached hydrogen (secondary N) is 2. The number of nitrogens with two attached hydrogens (primary N) is 1. The molecule has 0 aliphatic carbocycles. The van der Waals surface area contributed by atoms with Gasteiger partial charge in [0.25, 0.3) is 0 Å². The predicted molar refractivity (Wildman–Crippen MR) is 105 cm³/mol. The molecule has 4 heterocycles. The monoisotopic (exact) mass is 351 g/mol. The Morgan fingerprint density at radius 1 is 1.19 bits per heavy atom. The molecule has 0 atom stereocenters. The molecular formula is C19H25N7. The summed E-state index contributed by atoms with van der Waals surface area (Å²) in [6.07, 6.45) is 8.01. The molecule has 0 radical (unpaired) electrons. The smallest absolute Gasteiger partial charge is 0.220 e. The van der Waals surface area contributed by atoms with Crippen LogP contribution in [0.15, 0.2) is 30.7 Å². The summed E-state index contributed by atoms with van der Waals surface area (Å²) in [7, 11) is 0. The van der Waals surface area contributed by atoms with Crippen LogP contribution in [0.25, 0.3) is 22.3 Å². The van der Waals surface area contributed by atoms with Crippen molar-refractivity contribution in [1.82, 2.24) is 24.8 Å². The zero-order valence-corrected chi connectivity index (χ0v) is 15.3. The number of anilines is 2. The summed E-state index contributed by atoms with van der Waals surface area (Å²) in [6.45, 7) is 7.81. The van der Waals surface area contributed by atoms with Gasteiger partial charge < -0.3 is 16.0 Å². The van der Waals surface area contributed by atoms with E-state index < -0.39 is 0 Å². The Labute approximate surface area is 153 Å². The number of hydrogen-bond acceptors (Lipinski definition) is 6. The number of aromatic nitrogens is 4. The van der Waals surface area contributed by atoms with E-state index >= 15 is 0 Å². The SMILES string of the molecule is CC(C)(CNc1ccnc2[nH]cc(-c3ccnc(N)n3)c12)N1CCCC1. The van der Waals surface area contributed by atoms with E-state index in [2.05, 4.69) is 44.0 Å². The maximum atomic E-state index is 5.76. The van der Waals surface area contributed by atoms with Gasteiger partial charge in [-0.2, -0.15) is 0 Å². The minimum absolute atomic E-state index is 0.0991. The van der Waals surface area contributed by atoms with Gasteiger partial charge in [-0.3, -0.25) is 4.90 Å². The molecule has 3 aromatic rings. The van der Waals surface area contributed by atoms with Crippen LogP contribution in [0.2, 0.25) is 0 Å². The normalized spacial score (nSPS) is 15.6. The number of aromatic amines is 1. The van der Waals surface area contributed by atoms with E-state index in [1.807, 2.05) is 24.5 Å². The van der Waals surface area contributed by atoms with Crippen LogP contribution in [0.4, 0.5) is 11.6 Å². The van der Waals surface area contributed by atoms with Gasteiger partial charge in [-0.15, -0.1) is 0 Å². The lowest BCUT2D eigenvalue weighted by Gasteiger charge is -2.36. The zero-order valence-electron chi connectivity index (χ0n) is 15.3. The van der Waals surface area contributed by atoms with Crippen molar-refractivity contribution in [2.45, 2.75) is 32.2 Å². The second-order valence-corrected chi connectivity index (χ2v) is 7.44. The molecule has 0 amide bonds. The molecule has 0 bridgehead atoms. The van der Waals surface area contributed by atoms with Gasteiger partial charge in [0.2, 0.25) is 5.95 Å². The van der Waals surface area contributed by atoms with E-state index in [4.69, 9.17) is 5.73 Å². The first-order valence-electron chi connectivity index (χ1n) is 9.08. The Bertz CT molecular complexity index is 909. The van der Waals surface area contributed by atoms with Gasteiger partial charge in [-0.1, -0.05) is 0 Å². The molecule has 136 valence electrons. The Morgan fingerprint density at radius 2 is 1.96 bits per heavy atom. The molecule has 7 heteroatoms. The van der Waals surface area contributed by atoms with Crippen LogP contribution in [0.1, 0.15) is 26.7 Å². The Kier molecular flexibility index (Phi) is 4.24. The van der Waals surface area contributed by atoms with E-state index in [0.29, 0.717) is 0 Å². The van der Waals surface area contributed by atoms with Crippen LogP contribution >= 0.6 is 0 Å². The first kappa shape index (κ1) is 16.8. The van der Waals surface area contributed by atoms with Gasteiger partial charge in [0.1, 0.15) is 5.65 Å². The number of fused-ring (bicyclic) bond motifs is 1. The van der Waals surface area contributed by atoms with Crippen LogP contribution in [0.5, 0.6) is 0 Å². The van der Waals surface area contributed by atoms with Crippen molar-refractivity contribution in [3.05, 3.63) is 30.7 Å². The number of likely N-dealkylation sites (tertiary alicyclic amines) is 1. The van der Waals surface area contributed by atoms with Gasteiger partial charge in [0.15, 0.2) is 0 Å². The van der Waals surface area contributed by atoms with Gasteiger partial charge in [-0.25, -0.2) is 15.0 Å². The quantitative estimate of drug-likeness (QED) is 0.654. The highest BCUT2D eigenvalue weighted by Crippen LogP contribution is 2.32. The minimum Gasteiger partial charge on any atom is -0.383 e. The van der Waals surface area contributed by atoms with Crippen molar-refractivity contribution in [2.75, 3.05) is 30.7 Å². The zero-order chi connectivity index (χ0) is 18.1. The molecular weight excluding hydrogens is 326 g/mol. The summed E-state index contributed by atoms with van der Waals surface area (Å²) in [5.41, 5.74) is 9.51. The maximum absolute atomic E-state index is 5.76. The molecule has 0 aromatic carbocycles. The average Bonchev–Trinajstić information content (AvgIpc) is 3.30. The first-order chi connectivity index (χ1) is 12.5. The second kappa shape index (κ2) is 6.57. The van der Waals surface area contributed by atoms with E-state index in [9.17, 15) is 0 Å². The summed E-state index contributed by atoms with van der Waals surface area (Å²) in [5.74, 6) is 0.269. The van der Waals surface area contributed by atoms with Crippen LogP contribution < -0.4 is 11.1 Å². The molecule has 1 aliphatic heterocycles. The fraction of sp³-hybridized carbons (Fsp3) is 0.421. The van der Waals surface area contributed by atoms with Crippen molar-refractivity contribution in [1.29, 1.82) is 0 Å². The average molecular weight is 351 g/mol. The number of rotatable bonds is 5. The standard InChI is InChI=1S/C19H25N7/c1-19(2,26-9-3-4-10-26)12-24-15-6-7-21-17-16(15)13(11-23-17)14-5-8-22-18(20)25-14/h5-8,11H,3-4,9-10,12H2,1-2H3,(H2,20,22,25)(H2,21,23,24). The van der Waals surface area contributed by atoms with Gasteiger partial charge >= 0.3 is 0 Å². The van der Waals surface area contributed by atoms with Crippen molar-refractivity contribution in [3.8, 4) is 11.3 Å². The molecule has 1 saturated heterocycles. The number of hydrogen-bond donors (Lipinski definition) is 3. The minimum atomic E-state index is 0.0991. The molecule has 4 rings (SSSR count).